The zero-order valence-corrected chi connectivity index (χ0v) is 11.5. The first-order valence-corrected chi connectivity index (χ1v) is 7.73. The van der Waals surface area contributed by atoms with Gasteiger partial charge in [0, 0.05) is 6.54 Å². The lowest BCUT2D eigenvalue weighted by atomic mass is 9.90. The van der Waals surface area contributed by atoms with Crippen molar-refractivity contribution < 1.29 is 4.74 Å². The maximum Gasteiger partial charge on any atom is 0.0810 e. The molecule has 2 rings (SSSR count). The molecule has 2 nitrogen and oxygen atoms in total. The highest BCUT2D eigenvalue weighted by molar-refractivity contribution is 4.88. The van der Waals surface area contributed by atoms with Crippen LogP contribution in [0.5, 0.6) is 0 Å². The number of hydrogen-bond acceptors (Lipinski definition) is 2. The molecule has 0 aromatic rings. The molecule has 2 heteroatoms. The van der Waals surface area contributed by atoms with Gasteiger partial charge in [-0.05, 0) is 45.1 Å². The van der Waals surface area contributed by atoms with Crippen LogP contribution in [0, 0.1) is 0 Å². The molecular weight excluding hydrogens is 210 g/mol. The molecule has 0 unspecified atom stereocenters. The van der Waals surface area contributed by atoms with E-state index in [1.165, 1.54) is 64.2 Å². The standard InChI is InChI=1S/C15H29NO/c1-2-12-16-13-15(17-14-8-7-9-14)10-5-3-4-6-11-15/h14,16H,2-13H2,1H3. The van der Waals surface area contributed by atoms with E-state index in [1.54, 1.807) is 0 Å². The molecular formula is C15H29NO. The maximum absolute atomic E-state index is 6.48. The van der Waals surface area contributed by atoms with Gasteiger partial charge in [0.2, 0.25) is 0 Å². The van der Waals surface area contributed by atoms with Crippen molar-refractivity contribution in [2.24, 2.45) is 0 Å². The molecule has 100 valence electrons. The lowest BCUT2D eigenvalue weighted by Crippen LogP contribution is -2.46. The Hall–Kier alpha value is -0.0800. The van der Waals surface area contributed by atoms with E-state index in [-0.39, 0.29) is 5.60 Å². The van der Waals surface area contributed by atoms with Crippen molar-refractivity contribution in [3.8, 4) is 0 Å². The van der Waals surface area contributed by atoms with Crippen LogP contribution in [0.1, 0.15) is 71.1 Å². The number of nitrogens with one attached hydrogen (secondary N) is 1. The molecule has 2 saturated carbocycles. The second kappa shape index (κ2) is 6.75. The van der Waals surface area contributed by atoms with Gasteiger partial charge in [0.25, 0.3) is 0 Å². The summed E-state index contributed by atoms with van der Waals surface area (Å²) in [5.74, 6) is 0. The summed E-state index contributed by atoms with van der Waals surface area (Å²) in [5, 5.41) is 3.60. The zero-order chi connectivity index (χ0) is 12.0. The zero-order valence-electron chi connectivity index (χ0n) is 11.5. The van der Waals surface area contributed by atoms with Crippen molar-refractivity contribution in [1.29, 1.82) is 0 Å². The van der Waals surface area contributed by atoms with Crippen LogP contribution in [0.3, 0.4) is 0 Å². The van der Waals surface area contributed by atoms with Gasteiger partial charge in [0.1, 0.15) is 0 Å². The smallest absolute Gasteiger partial charge is 0.0810 e. The minimum absolute atomic E-state index is 0.177. The van der Waals surface area contributed by atoms with E-state index in [0.717, 1.165) is 13.1 Å². The Balaban J connectivity index is 1.87. The van der Waals surface area contributed by atoms with Crippen molar-refractivity contribution in [2.75, 3.05) is 13.1 Å². The summed E-state index contributed by atoms with van der Waals surface area (Å²) in [6.45, 7) is 4.45. The molecule has 0 aromatic carbocycles. The minimum Gasteiger partial charge on any atom is -0.370 e. The molecule has 0 aliphatic heterocycles. The second-order valence-electron chi connectivity index (χ2n) is 5.94. The molecule has 1 N–H and O–H groups in total. The Morgan fingerprint density at radius 3 is 2.29 bits per heavy atom. The third-order valence-corrected chi connectivity index (χ3v) is 4.36. The fourth-order valence-corrected chi connectivity index (χ4v) is 3.04. The van der Waals surface area contributed by atoms with E-state index in [1.807, 2.05) is 0 Å². The highest BCUT2D eigenvalue weighted by Crippen LogP contribution is 2.35. The Labute approximate surface area is 107 Å². The molecule has 0 bridgehead atoms. The fraction of sp³-hybridized carbons (Fsp3) is 1.00. The quantitative estimate of drug-likeness (QED) is 0.564. The van der Waals surface area contributed by atoms with E-state index in [2.05, 4.69) is 12.2 Å². The van der Waals surface area contributed by atoms with Gasteiger partial charge >= 0.3 is 0 Å². The van der Waals surface area contributed by atoms with Gasteiger partial charge in [0.15, 0.2) is 0 Å². The summed E-state index contributed by atoms with van der Waals surface area (Å²) in [6.07, 6.45) is 13.9. The van der Waals surface area contributed by atoms with Crippen LogP contribution in [0.25, 0.3) is 0 Å². The lowest BCUT2D eigenvalue weighted by molar-refractivity contribution is -0.127. The summed E-state index contributed by atoms with van der Waals surface area (Å²) in [4.78, 5) is 0. The van der Waals surface area contributed by atoms with Crippen LogP contribution in [0.15, 0.2) is 0 Å². The van der Waals surface area contributed by atoms with E-state index < -0.39 is 0 Å². The molecule has 0 saturated heterocycles. The van der Waals surface area contributed by atoms with E-state index >= 15 is 0 Å². The third kappa shape index (κ3) is 3.96. The normalized spacial score (nSPS) is 25.2. The first kappa shape index (κ1) is 13.4. The van der Waals surface area contributed by atoms with E-state index in [0.29, 0.717) is 6.10 Å². The van der Waals surface area contributed by atoms with E-state index in [9.17, 15) is 0 Å². The van der Waals surface area contributed by atoms with Crippen LogP contribution < -0.4 is 5.32 Å². The van der Waals surface area contributed by atoms with Crippen molar-refractivity contribution in [3.05, 3.63) is 0 Å². The largest absolute Gasteiger partial charge is 0.370 e. The highest BCUT2D eigenvalue weighted by Gasteiger charge is 2.35. The molecule has 2 fully saturated rings. The van der Waals surface area contributed by atoms with Gasteiger partial charge in [-0.25, -0.2) is 0 Å². The lowest BCUT2D eigenvalue weighted by Gasteiger charge is -2.40. The summed E-state index contributed by atoms with van der Waals surface area (Å²) < 4.78 is 6.48. The Bertz CT molecular complexity index is 205. The van der Waals surface area contributed by atoms with Crippen LogP contribution in [0.4, 0.5) is 0 Å². The van der Waals surface area contributed by atoms with Crippen molar-refractivity contribution in [3.63, 3.8) is 0 Å². The molecule has 2 aliphatic rings. The van der Waals surface area contributed by atoms with Crippen LogP contribution in [-0.2, 0) is 4.74 Å². The first-order valence-electron chi connectivity index (χ1n) is 7.73. The molecule has 0 aromatic heterocycles. The summed E-state index contributed by atoms with van der Waals surface area (Å²) in [7, 11) is 0. The molecule has 0 amide bonds. The average Bonchev–Trinajstić information content (AvgIpc) is 2.51. The highest BCUT2D eigenvalue weighted by atomic mass is 16.5. The van der Waals surface area contributed by atoms with Gasteiger partial charge in [-0.1, -0.05) is 32.6 Å². The van der Waals surface area contributed by atoms with Gasteiger partial charge in [-0.2, -0.15) is 0 Å². The average molecular weight is 239 g/mol. The molecule has 0 spiro atoms. The van der Waals surface area contributed by atoms with Crippen molar-refractivity contribution >= 4 is 0 Å². The van der Waals surface area contributed by atoms with Gasteiger partial charge < -0.3 is 10.1 Å². The van der Waals surface area contributed by atoms with Crippen molar-refractivity contribution in [2.45, 2.75) is 82.8 Å². The van der Waals surface area contributed by atoms with Gasteiger partial charge in [-0.15, -0.1) is 0 Å². The fourth-order valence-electron chi connectivity index (χ4n) is 3.04. The van der Waals surface area contributed by atoms with Crippen LogP contribution in [-0.4, -0.2) is 24.8 Å². The molecule has 0 radical (unpaired) electrons. The van der Waals surface area contributed by atoms with Gasteiger partial charge in [0.05, 0.1) is 11.7 Å². The topological polar surface area (TPSA) is 21.3 Å². The Kier molecular flexibility index (Phi) is 5.30. The summed E-state index contributed by atoms with van der Waals surface area (Å²) >= 11 is 0. The Morgan fingerprint density at radius 2 is 1.76 bits per heavy atom. The minimum atomic E-state index is 0.177. The number of ether oxygens (including phenoxy) is 1. The van der Waals surface area contributed by atoms with Crippen LogP contribution >= 0.6 is 0 Å². The Morgan fingerprint density at radius 1 is 1.06 bits per heavy atom. The maximum atomic E-state index is 6.48. The predicted octanol–water partition coefficient (Wildman–Crippen LogP) is 3.65. The monoisotopic (exact) mass is 239 g/mol. The van der Waals surface area contributed by atoms with Crippen LogP contribution in [0.2, 0.25) is 0 Å². The van der Waals surface area contributed by atoms with E-state index in [4.69, 9.17) is 4.74 Å². The molecule has 2 aliphatic carbocycles. The summed E-state index contributed by atoms with van der Waals surface area (Å²) in [6, 6.07) is 0. The SMILES string of the molecule is CCCNCC1(OC2CCC2)CCCCCC1. The molecule has 0 heterocycles. The predicted molar refractivity (Wildman–Crippen MR) is 72.3 cm³/mol. The van der Waals surface area contributed by atoms with Gasteiger partial charge in [-0.3, -0.25) is 0 Å². The number of hydrogen-bond donors (Lipinski definition) is 1. The molecule has 17 heavy (non-hydrogen) atoms. The third-order valence-electron chi connectivity index (χ3n) is 4.36. The second-order valence-corrected chi connectivity index (χ2v) is 5.94. The summed E-state index contributed by atoms with van der Waals surface area (Å²) in [5.41, 5.74) is 0.177. The van der Waals surface area contributed by atoms with Crippen molar-refractivity contribution in [1.82, 2.24) is 5.32 Å². The number of rotatable bonds is 6. The molecule has 0 atom stereocenters. The first-order chi connectivity index (χ1) is 8.35.